The predicted octanol–water partition coefficient (Wildman–Crippen LogP) is 3.99. The van der Waals surface area contributed by atoms with Gasteiger partial charge in [-0.05, 0) is 48.1 Å². The third kappa shape index (κ3) is 4.01. The molecule has 1 aliphatic heterocycles. The fourth-order valence-corrected chi connectivity index (χ4v) is 3.33. The molecule has 0 atom stereocenters. The summed E-state index contributed by atoms with van der Waals surface area (Å²) in [5, 5.41) is 24.8. The third-order valence-corrected chi connectivity index (χ3v) is 4.80. The molecule has 0 spiro atoms. The van der Waals surface area contributed by atoms with Gasteiger partial charge in [-0.15, -0.1) is 0 Å². The minimum Gasteiger partial charge on any atom is -0.508 e. The lowest BCUT2D eigenvalue weighted by molar-refractivity contribution is -0.122. The smallest absolute Gasteiger partial charge is 0.286 e. The highest BCUT2D eigenvalue weighted by atomic mass is 35.5. The molecule has 1 amide bonds. The van der Waals surface area contributed by atoms with Crippen LogP contribution in [0.3, 0.4) is 0 Å². The summed E-state index contributed by atoms with van der Waals surface area (Å²) in [5.74, 6) is -0.559. The van der Waals surface area contributed by atoms with Crippen LogP contribution < -0.4 is 0 Å². The molecule has 0 aliphatic carbocycles. The maximum atomic E-state index is 12.5. The molecular weight excluding hydrogens is 380 g/mol. The van der Waals surface area contributed by atoms with Crippen LogP contribution in [0.15, 0.2) is 52.5 Å². The molecule has 25 heavy (non-hydrogen) atoms. The number of carbonyl (C=O) groups is 1. The van der Waals surface area contributed by atoms with Gasteiger partial charge in [-0.2, -0.15) is 10.1 Å². The quantitative estimate of drug-likeness (QED) is 0.471. The molecule has 5 nitrogen and oxygen atoms in total. The average Bonchev–Trinajstić information content (AvgIpc) is 2.83. The van der Waals surface area contributed by atoms with Crippen LogP contribution in [-0.2, 0) is 4.79 Å². The molecule has 1 aliphatic rings. The Balaban J connectivity index is 1.81. The zero-order valence-electron chi connectivity index (χ0n) is 12.6. The van der Waals surface area contributed by atoms with Gasteiger partial charge < -0.3 is 10.2 Å². The molecule has 0 unspecified atom stereocenters. The Morgan fingerprint density at radius 2 is 1.88 bits per heavy atom. The van der Waals surface area contributed by atoms with E-state index >= 15 is 0 Å². The fraction of sp³-hybridized carbons (Fsp3) is 0. The van der Waals surface area contributed by atoms with Crippen molar-refractivity contribution in [3.63, 3.8) is 0 Å². The SMILES string of the molecule is O=C1/C(=C\c2ccc(Cl)cc2)SC(=S)N1/N=C/c1ccc(O)cc1O. The topological polar surface area (TPSA) is 73.1 Å². The van der Waals surface area contributed by atoms with Gasteiger partial charge in [0.05, 0.1) is 11.1 Å². The van der Waals surface area contributed by atoms with Crippen LogP contribution in [0, 0.1) is 0 Å². The number of phenolic OH excluding ortho intramolecular Hbond substituents is 2. The molecule has 0 bridgehead atoms. The summed E-state index contributed by atoms with van der Waals surface area (Å²) in [4.78, 5) is 12.9. The number of benzene rings is 2. The Labute approximate surface area is 158 Å². The molecule has 1 fully saturated rings. The maximum Gasteiger partial charge on any atom is 0.286 e. The number of aromatic hydroxyl groups is 2. The number of carbonyl (C=O) groups excluding carboxylic acids is 1. The Kier molecular flexibility index (Phi) is 5.08. The molecule has 3 rings (SSSR count). The van der Waals surface area contributed by atoms with Crippen LogP contribution in [0.4, 0.5) is 0 Å². The molecule has 1 heterocycles. The summed E-state index contributed by atoms with van der Waals surface area (Å²) in [5.41, 5.74) is 1.18. The van der Waals surface area contributed by atoms with Crippen molar-refractivity contribution in [3.8, 4) is 11.5 Å². The summed E-state index contributed by atoms with van der Waals surface area (Å²) >= 11 is 12.2. The first-order chi connectivity index (χ1) is 11.9. The highest BCUT2D eigenvalue weighted by Gasteiger charge is 2.32. The van der Waals surface area contributed by atoms with E-state index in [9.17, 15) is 15.0 Å². The summed E-state index contributed by atoms with van der Waals surface area (Å²) in [6.07, 6.45) is 3.02. The van der Waals surface area contributed by atoms with E-state index in [-0.39, 0.29) is 17.4 Å². The zero-order valence-corrected chi connectivity index (χ0v) is 15.0. The minimum atomic E-state index is -0.348. The number of hydrogen-bond donors (Lipinski definition) is 2. The summed E-state index contributed by atoms with van der Waals surface area (Å²) in [7, 11) is 0. The van der Waals surface area contributed by atoms with Gasteiger partial charge in [-0.25, -0.2) is 0 Å². The monoisotopic (exact) mass is 390 g/mol. The van der Waals surface area contributed by atoms with Gasteiger partial charge in [0.25, 0.3) is 5.91 Å². The molecule has 1 saturated heterocycles. The van der Waals surface area contributed by atoms with Gasteiger partial charge in [0.15, 0.2) is 4.32 Å². The fourth-order valence-electron chi connectivity index (χ4n) is 2.03. The van der Waals surface area contributed by atoms with Crippen molar-refractivity contribution in [2.45, 2.75) is 0 Å². The number of phenols is 2. The number of thiocarbonyl (C=S) groups is 1. The van der Waals surface area contributed by atoms with Crippen molar-refractivity contribution in [3.05, 3.63) is 63.5 Å². The van der Waals surface area contributed by atoms with Gasteiger partial charge in [0, 0.05) is 16.7 Å². The van der Waals surface area contributed by atoms with Crippen LogP contribution in [0.25, 0.3) is 6.08 Å². The van der Waals surface area contributed by atoms with E-state index in [4.69, 9.17) is 23.8 Å². The second-order valence-corrected chi connectivity index (χ2v) is 7.14. The van der Waals surface area contributed by atoms with E-state index in [0.29, 0.717) is 19.8 Å². The van der Waals surface area contributed by atoms with Crippen LogP contribution in [0.5, 0.6) is 11.5 Å². The number of rotatable bonds is 3. The molecule has 0 saturated carbocycles. The number of thioether (sulfide) groups is 1. The van der Waals surface area contributed by atoms with Crippen LogP contribution in [0.2, 0.25) is 5.02 Å². The van der Waals surface area contributed by atoms with Crippen molar-refractivity contribution in [2.24, 2.45) is 5.10 Å². The van der Waals surface area contributed by atoms with Crippen LogP contribution in [0.1, 0.15) is 11.1 Å². The van der Waals surface area contributed by atoms with Gasteiger partial charge >= 0.3 is 0 Å². The van der Waals surface area contributed by atoms with Crippen LogP contribution >= 0.6 is 35.6 Å². The lowest BCUT2D eigenvalue weighted by Crippen LogP contribution is -2.22. The van der Waals surface area contributed by atoms with Gasteiger partial charge in [-0.3, -0.25) is 4.79 Å². The highest BCUT2D eigenvalue weighted by Crippen LogP contribution is 2.33. The Hall–Kier alpha value is -2.35. The molecule has 2 N–H and O–H groups in total. The minimum absolute atomic E-state index is 0.0637. The molecule has 0 radical (unpaired) electrons. The van der Waals surface area contributed by atoms with Gasteiger partial charge in [0.1, 0.15) is 11.5 Å². The van der Waals surface area contributed by atoms with Crippen molar-refractivity contribution in [2.75, 3.05) is 0 Å². The summed E-state index contributed by atoms with van der Waals surface area (Å²) in [6.45, 7) is 0. The van der Waals surface area contributed by atoms with Crippen molar-refractivity contribution >= 4 is 58.1 Å². The van der Waals surface area contributed by atoms with E-state index in [2.05, 4.69) is 5.10 Å². The Bertz CT molecular complexity index is 911. The second-order valence-electron chi connectivity index (χ2n) is 5.03. The predicted molar refractivity (Wildman–Crippen MR) is 104 cm³/mol. The lowest BCUT2D eigenvalue weighted by atomic mass is 10.2. The van der Waals surface area contributed by atoms with Gasteiger partial charge in [-0.1, -0.05) is 35.5 Å². The molecule has 2 aromatic carbocycles. The van der Waals surface area contributed by atoms with E-state index in [1.165, 1.54) is 24.4 Å². The van der Waals surface area contributed by atoms with Gasteiger partial charge in [0.2, 0.25) is 0 Å². The second kappa shape index (κ2) is 7.26. The Morgan fingerprint density at radius 3 is 2.56 bits per heavy atom. The highest BCUT2D eigenvalue weighted by molar-refractivity contribution is 8.26. The zero-order chi connectivity index (χ0) is 18.0. The first kappa shape index (κ1) is 17.5. The third-order valence-electron chi connectivity index (χ3n) is 3.27. The van der Waals surface area contributed by atoms with E-state index in [1.54, 1.807) is 30.3 Å². The first-order valence-corrected chi connectivity index (χ1v) is 8.64. The number of halogens is 1. The molecular formula is C17H11ClN2O3S2. The number of nitrogens with zero attached hydrogens (tertiary/aromatic N) is 2. The normalized spacial score (nSPS) is 16.4. The van der Waals surface area contributed by atoms with Crippen molar-refractivity contribution < 1.29 is 15.0 Å². The van der Waals surface area contributed by atoms with E-state index in [0.717, 1.165) is 22.3 Å². The maximum absolute atomic E-state index is 12.5. The Morgan fingerprint density at radius 1 is 1.16 bits per heavy atom. The lowest BCUT2D eigenvalue weighted by Gasteiger charge is -2.06. The molecule has 8 heteroatoms. The molecule has 0 aromatic heterocycles. The van der Waals surface area contributed by atoms with Crippen molar-refractivity contribution in [1.29, 1.82) is 0 Å². The number of hydrazone groups is 1. The number of hydrogen-bond acceptors (Lipinski definition) is 6. The van der Waals surface area contributed by atoms with E-state index in [1.807, 2.05) is 0 Å². The first-order valence-electron chi connectivity index (χ1n) is 7.03. The number of amides is 1. The summed E-state index contributed by atoms with van der Waals surface area (Å²) < 4.78 is 0.291. The largest absolute Gasteiger partial charge is 0.508 e. The summed E-state index contributed by atoms with van der Waals surface area (Å²) in [6, 6.07) is 11.1. The molecule has 2 aromatic rings. The molecule has 126 valence electrons. The average molecular weight is 391 g/mol. The van der Waals surface area contributed by atoms with Crippen LogP contribution in [-0.4, -0.2) is 31.7 Å². The van der Waals surface area contributed by atoms with E-state index < -0.39 is 0 Å². The van der Waals surface area contributed by atoms with Crippen molar-refractivity contribution in [1.82, 2.24) is 5.01 Å². The standard InChI is InChI=1S/C17H11ClN2O3S2/c18-12-4-1-10(2-5-12)7-15-16(23)20(17(24)25-15)19-9-11-3-6-13(21)8-14(11)22/h1-9,21-22H/b15-7+,19-9+.